The number of carboxylic acids is 1. The van der Waals surface area contributed by atoms with Crippen LogP contribution in [0.3, 0.4) is 0 Å². The number of rotatable bonds is 8. The summed E-state index contributed by atoms with van der Waals surface area (Å²) in [5, 5.41) is 23.3. The van der Waals surface area contributed by atoms with Gasteiger partial charge >= 0.3 is 22.8 Å². The fourth-order valence-corrected chi connectivity index (χ4v) is 3.67. The molecule has 0 bridgehead atoms. The lowest BCUT2D eigenvalue weighted by molar-refractivity contribution is -0.832. The maximum absolute atomic E-state index is 12.6. The molecule has 11 nitrogen and oxygen atoms in total. The molecule has 0 aliphatic rings. The quantitative estimate of drug-likeness (QED) is 0.310. The second-order valence-electron chi connectivity index (χ2n) is 5.73. The number of aromatic carboxylic acids is 1. The monoisotopic (exact) mass is 434 g/mol. The van der Waals surface area contributed by atoms with Crippen molar-refractivity contribution in [3.05, 3.63) is 65.4 Å². The summed E-state index contributed by atoms with van der Waals surface area (Å²) in [6.07, 6.45) is -0.384. The summed E-state index contributed by atoms with van der Waals surface area (Å²) >= 11 is 0. The topological polar surface area (TPSA) is 160 Å². The second kappa shape index (κ2) is 8.61. The Labute approximate surface area is 169 Å². The van der Waals surface area contributed by atoms with E-state index in [4.69, 9.17) is 14.6 Å². The Hall–Kier alpha value is -3.93. The van der Waals surface area contributed by atoms with Crippen LogP contribution in [-0.2, 0) is 14.6 Å². The van der Waals surface area contributed by atoms with Crippen LogP contribution in [0, 0.1) is 5.21 Å². The van der Waals surface area contributed by atoms with Crippen LogP contribution in [0.4, 0.5) is 0 Å². The summed E-state index contributed by atoms with van der Waals surface area (Å²) < 4.78 is 39.7. The zero-order valence-electron chi connectivity index (χ0n) is 15.1. The predicted octanol–water partition coefficient (Wildman–Crippen LogP) is 1.21. The summed E-state index contributed by atoms with van der Waals surface area (Å²) in [5.41, 5.74) is -0.202. The molecular formula is C18H14N2O9S. The molecular weight excluding hydrogens is 420 g/mol. The highest BCUT2D eigenvalue weighted by Gasteiger charge is 2.35. The van der Waals surface area contributed by atoms with Gasteiger partial charge in [-0.3, -0.25) is 9.42 Å². The van der Waals surface area contributed by atoms with Crippen molar-refractivity contribution in [3.8, 4) is 11.6 Å². The number of carbonyl (C=O) groups excluding carboxylic acids is 1. The minimum Gasteiger partial charge on any atom is -0.478 e. The highest BCUT2D eigenvalue weighted by molar-refractivity contribution is 7.91. The van der Waals surface area contributed by atoms with E-state index in [2.05, 4.69) is 9.79 Å². The molecule has 0 radical (unpaired) electrons. The Balaban J connectivity index is 1.68. The van der Waals surface area contributed by atoms with Crippen molar-refractivity contribution in [2.45, 2.75) is 16.3 Å². The van der Waals surface area contributed by atoms with E-state index in [1.54, 1.807) is 6.07 Å². The lowest BCUT2D eigenvalue weighted by atomic mass is 10.2. The van der Waals surface area contributed by atoms with E-state index in [0.717, 1.165) is 0 Å². The van der Waals surface area contributed by atoms with Gasteiger partial charge < -0.3 is 19.8 Å². The van der Waals surface area contributed by atoms with Gasteiger partial charge in [0.25, 0.3) is 9.84 Å². The number of esters is 1. The Morgan fingerprint density at radius 3 is 2.47 bits per heavy atom. The number of carboxylic acid groups (broad SMARTS) is 1. The third-order valence-corrected chi connectivity index (χ3v) is 5.47. The van der Waals surface area contributed by atoms with Gasteiger partial charge in [0.1, 0.15) is 17.9 Å². The summed E-state index contributed by atoms with van der Waals surface area (Å²) in [4.78, 5) is 22.6. The molecule has 0 fully saturated rings. The molecule has 0 atom stereocenters. The zero-order chi connectivity index (χ0) is 21.7. The Bertz CT molecular complexity index is 1170. The lowest BCUT2D eigenvalue weighted by Gasteiger charge is -2.07. The second-order valence-corrected chi connectivity index (χ2v) is 7.60. The van der Waals surface area contributed by atoms with E-state index in [-0.39, 0.29) is 27.5 Å². The van der Waals surface area contributed by atoms with E-state index in [0.29, 0.717) is 0 Å². The number of aromatic nitrogens is 2. The molecule has 1 aromatic heterocycles. The standard InChI is InChI=1S/C18H14N2O9S/c21-15(28-14-9-5-4-8-13(14)18(22)23)10-11-27-16-17(20(24)29-19-16)30(25,26)12-6-2-1-3-7-12/h1-9H,10-11H2,(H,22,23). The van der Waals surface area contributed by atoms with Crippen LogP contribution in [0.25, 0.3) is 0 Å². The van der Waals surface area contributed by atoms with Gasteiger partial charge in [0.15, 0.2) is 0 Å². The Kier molecular flexibility index (Phi) is 5.97. The number of para-hydroxylation sites is 1. The Morgan fingerprint density at radius 1 is 1.10 bits per heavy atom. The number of carbonyl (C=O) groups is 2. The summed E-state index contributed by atoms with van der Waals surface area (Å²) in [6, 6.07) is 12.7. The number of hydrogen-bond acceptors (Lipinski definition) is 9. The highest BCUT2D eigenvalue weighted by atomic mass is 32.2. The van der Waals surface area contributed by atoms with Crippen LogP contribution in [0.15, 0.2) is 69.1 Å². The SMILES string of the molecule is O=C(CCOc1no[n+]([O-])c1S(=O)(=O)c1ccccc1)Oc1ccccc1C(=O)O. The molecule has 30 heavy (non-hydrogen) atoms. The van der Waals surface area contributed by atoms with Crippen LogP contribution >= 0.6 is 0 Å². The van der Waals surface area contributed by atoms with E-state index < -0.39 is 39.3 Å². The summed E-state index contributed by atoms with van der Waals surface area (Å²) in [6.45, 7) is -0.405. The molecule has 3 aromatic rings. The Morgan fingerprint density at radius 2 is 1.77 bits per heavy atom. The minimum atomic E-state index is -4.28. The van der Waals surface area contributed by atoms with Crippen LogP contribution in [0.5, 0.6) is 11.6 Å². The average Bonchev–Trinajstić information content (AvgIpc) is 3.10. The van der Waals surface area contributed by atoms with Gasteiger partial charge in [0.05, 0.1) is 16.5 Å². The molecule has 0 saturated heterocycles. The zero-order valence-corrected chi connectivity index (χ0v) is 15.9. The number of benzene rings is 2. The first-order valence-electron chi connectivity index (χ1n) is 8.36. The average molecular weight is 434 g/mol. The highest BCUT2D eigenvalue weighted by Crippen LogP contribution is 2.25. The van der Waals surface area contributed by atoms with E-state index >= 15 is 0 Å². The molecule has 0 aliphatic heterocycles. The molecule has 1 N–H and O–H groups in total. The first kappa shape index (κ1) is 20.8. The van der Waals surface area contributed by atoms with Crippen molar-refractivity contribution in [1.82, 2.24) is 5.16 Å². The number of ether oxygens (including phenoxy) is 2. The molecule has 0 unspecified atom stereocenters. The smallest absolute Gasteiger partial charge is 0.414 e. The fraction of sp³-hybridized carbons (Fsp3) is 0.111. The predicted molar refractivity (Wildman–Crippen MR) is 96.5 cm³/mol. The number of sulfone groups is 1. The van der Waals surface area contributed by atoms with E-state index in [1.807, 2.05) is 0 Å². The van der Waals surface area contributed by atoms with Gasteiger partial charge in [-0.25, -0.2) is 13.2 Å². The normalized spacial score (nSPS) is 11.1. The van der Waals surface area contributed by atoms with Crippen molar-refractivity contribution < 1.29 is 42.1 Å². The third-order valence-electron chi connectivity index (χ3n) is 3.74. The van der Waals surface area contributed by atoms with Crippen LogP contribution in [0.1, 0.15) is 16.8 Å². The molecule has 0 aliphatic carbocycles. The molecule has 156 valence electrons. The van der Waals surface area contributed by atoms with Crippen molar-refractivity contribution >= 4 is 21.8 Å². The molecule has 0 saturated carbocycles. The maximum Gasteiger partial charge on any atom is 0.414 e. The van der Waals surface area contributed by atoms with Gasteiger partial charge in [-0.15, -0.1) is 0 Å². The van der Waals surface area contributed by atoms with Crippen molar-refractivity contribution in [3.63, 3.8) is 0 Å². The van der Waals surface area contributed by atoms with Crippen molar-refractivity contribution in [2.75, 3.05) is 6.61 Å². The molecule has 2 aromatic carbocycles. The molecule has 12 heteroatoms. The van der Waals surface area contributed by atoms with Crippen molar-refractivity contribution in [2.24, 2.45) is 0 Å². The molecule has 0 amide bonds. The number of nitrogens with zero attached hydrogens (tertiary/aromatic N) is 2. The van der Waals surface area contributed by atoms with Crippen LogP contribution in [-0.4, -0.2) is 37.2 Å². The van der Waals surface area contributed by atoms with Gasteiger partial charge in [-0.05, 0) is 29.2 Å². The van der Waals surface area contributed by atoms with E-state index in [1.165, 1.54) is 48.5 Å². The molecule has 3 rings (SSSR count). The third kappa shape index (κ3) is 4.38. The van der Waals surface area contributed by atoms with Gasteiger partial charge in [0, 0.05) is 0 Å². The van der Waals surface area contributed by atoms with Gasteiger partial charge in [0.2, 0.25) is 0 Å². The van der Waals surface area contributed by atoms with Gasteiger partial charge in [-0.2, -0.15) is 0 Å². The molecule has 1 heterocycles. The van der Waals surface area contributed by atoms with Crippen LogP contribution in [0.2, 0.25) is 0 Å². The summed E-state index contributed by atoms with van der Waals surface area (Å²) in [7, 11) is -4.28. The first-order chi connectivity index (χ1) is 14.3. The molecule has 0 spiro atoms. The van der Waals surface area contributed by atoms with Crippen LogP contribution < -0.4 is 14.4 Å². The summed E-state index contributed by atoms with van der Waals surface area (Å²) in [5.74, 6) is -2.88. The van der Waals surface area contributed by atoms with Crippen molar-refractivity contribution in [1.29, 1.82) is 0 Å². The van der Waals surface area contributed by atoms with E-state index in [9.17, 15) is 23.2 Å². The fourth-order valence-electron chi connectivity index (χ4n) is 2.38. The van der Waals surface area contributed by atoms with Gasteiger partial charge in [-0.1, -0.05) is 30.3 Å². The number of hydrogen-bond donors (Lipinski definition) is 1. The first-order valence-corrected chi connectivity index (χ1v) is 9.84. The largest absolute Gasteiger partial charge is 0.478 e. The lowest BCUT2D eigenvalue weighted by Crippen LogP contribution is -2.31. The minimum absolute atomic E-state index is 0.152. The maximum atomic E-state index is 12.6.